The molecule has 10 nitrogen and oxygen atoms in total. The maximum absolute atomic E-state index is 13.1. The highest BCUT2D eigenvalue weighted by Gasteiger charge is 2.38. The molecule has 34 heavy (non-hydrogen) atoms. The fourth-order valence-electron chi connectivity index (χ4n) is 3.99. The number of halogens is 1. The molecule has 1 atom stereocenters. The minimum absolute atomic E-state index is 0.0431. The Hall–Kier alpha value is -3.73. The summed E-state index contributed by atoms with van der Waals surface area (Å²) >= 11 is 0. The van der Waals surface area contributed by atoms with E-state index in [9.17, 15) is 14.0 Å². The fourth-order valence-corrected chi connectivity index (χ4v) is 3.99. The second-order valence-corrected chi connectivity index (χ2v) is 8.02. The summed E-state index contributed by atoms with van der Waals surface area (Å²) < 4.78 is 18.2. The topological polar surface area (TPSA) is 123 Å². The number of ether oxygens (including phenoxy) is 1. The van der Waals surface area contributed by atoms with Crippen LogP contribution in [-0.2, 0) is 14.4 Å². The molecule has 0 radical (unpaired) electrons. The van der Waals surface area contributed by atoms with Crippen molar-refractivity contribution in [3.63, 3.8) is 0 Å². The highest BCUT2D eigenvalue weighted by molar-refractivity contribution is 5.82. The third kappa shape index (κ3) is 5.42. The first kappa shape index (κ1) is 23.4. The van der Waals surface area contributed by atoms with Gasteiger partial charge in [0, 0.05) is 25.2 Å². The minimum atomic E-state index is -0.723. The number of benzene rings is 1. The third-order valence-corrected chi connectivity index (χ3v) is 5.73. The summed E-state index contributed by atoms with van der Waals surface area (Å²) in [5, 5.41) is 4.13. The van der Waals surface area contributed by atoms with E-state index in [-0.39, 0.29) is 18.5 Å². The molecule has 2 aliphatic heterocycles. The fraction of sp³-hybridized carbons (Fsp3) is 0.391. The molecule has 4 rings (SSSR count). The third-order valence-electron chi connectivity index (χ3n) is 5.73. The van der Waals surface area contributed by atoms with Gasteiger partial charge in [0.25, 0.3) is 0 Å². The van der Waals surface area contributed by atoms with E-state index in [1.807, 2.05) is 0 Å². The number of nitrogens with zero attached hydrogens (tertiary/aromatic N) is 4. The highest BCUT2D eigenvalue weighted by atomic mass is 19.1. The van der Waals surface area contributed by atoms with E-state index in [0.717, 1.165) is 11.4 Å². The average molecular weight is 471 g/mol. The van der Waals surface area contributed by atoms with E-state index >= 15 is 0 Å². The van der Waals surface area contributed by atoms with Gasteiger partial charge in [0.1, 0.15) is 17.7 Å². The number of aromatic nitrogens is 2. The number of amides is 2. The van der Waals surface area contributed by atoms with E-state index in [1.165, 1.54) is 12.1 Å². The second kappa shape index (κ2) is 10.5. The molecule has 1 saturated heterocycles. The van der Waals surface area contributed by atoms with Gasteiger partial charge in [0.15, 0.2) is 12.4 Å². The largest absolute Gasteiger partial charge is 0.441 e. The molecule has 1 fully saturated rings. The molecule has 2 aliphatic rings. The number of alkyl carbamates (subject to hydrolysis) is 1. The Morgan fingerprint density at radius 2 is 1.94 bits per heavy atom. The van der Waals surface area contributed by atoms with E-state index < -0.39 is 18.0 Å². The first-order valence-electron chi connectivity index (χ1n) is 11.1. The summed E-state index contributed by atoms with van der Waals surface area (Å²) in [6.45, 7) is 3.53. The summed E-state index contributed by atoms with van der Waals surface area (Å²) in [5.74, 6) is 0.290. The number of piperidine rings is 1. The Labute approximate surface area is 196 Å². The van der Waals surface area contributed by atoms with E-state index in [2.05, 4.69) is 20.2 Å². The van der Waals surface area contributed by atoms with Crippen LogP contribution in [0.5, 0.6) is 0 Å². The van der Waals surface area contributed by atoms with Crippen LogP contribution in [0.25, 0.3) is 11.3 Å². The van der Waals surface area contributed by atoms with Crippen molar-refractivity contribution >= 4 is 17.8 Å². The monoisotopic (exact) mass is 470 g/mol. The Bertz CT molecular complexity index is 1040. The van der Waals surface area contributed by atoms with Gasteiger partial charge in [-0.3, -0.25) is 9.78 Å². The van der Waals surface area contributed by atoms with Crippen LogP contribution >= 0.6 is 0 Å². The molecule has 1 unspecified atom stereocenters. The number of nitrogens with one attached hydrogen (secondary N) is 1. The summed E-state index contributed by atoms with van der Waals surface area (Å²) in [5.41, 5.74) is 7.04. The van der Waals surface area contributed by atoms with Crippen molar-refractivity contribution in [3.05, 3.63) is 54.3 Å². The van der Waals surface area contributed by atoms with Gasteiger partial charge in [-0.15, -0.1) is 5.06 Å². The molecule has 0 aliphatic carbocycles. The molecule has 2 aromatic rings. The summed E-state index contributed by atoms with van der Waals surface area (Å²) in [6.07, 6.45) is 5.84. The van der Waals surface area contributed by atoms with Gasteiger partial charge in [-0.2, -0.15) is 0 Å². The molecule has 3 N–H and O–H groups in total. The van der Waals surface area contributed by atoms with Crippen molar-refractivity contribution in [2.45, 2.75) is 31.8 Å². The lowest BCUT2D eigenvalue weighted by atomic mass is 10.0. The van der Waals surface area contributed by atoms with Crippen molar-refractivity contribution in [1.82, 2.24) is 20.3 Å². The van der Waals surface area contributed by atoms with Crippen LogP contribution in [0.15, 0.2) is 48.5 Å². The van der Waals surface area contributed by atoms with E-state index in [0.29, 0.717) is 43.9 Å². The van der Waals surface area contributed by atoms with Crippen molar-refractivity contribution in [1.29, 1.82) is 0 Å². The second-order valence-electron chi connectivity index (χ2n) is 8.02. The molecular formula is C23H27FN6O4. The molecule has 1 aromatic carbocycles. The number of anilines is 1. The predicted octanol–water partition coefficient (Wildman–Crippen LogP) is 1.98. The molecule has 11 heteroatoms. The number of carbonyl (C=O) groups is 2. The first-order chi connectivity index (χ1) is 16.4. The van der Waals surface area contributed by atoms with Crippen LogP contribution < -0.4 is 16.0 Å². The molecular weight excluding hydrogens is 443 g/mol. The normalized spacial score (nSPS) is 18.8. The quantitative estimate of drug-likeness (QED) is 0.630. The van der Waals surface area contributed by atoms with Crippen molar-refractivity contribution in [3.8, 4) is 11.3 Å². The average Bonchev–Trinajstić information content (AvgIpc) is 3.29. The Balaban J connectivity index is 1.33. The zero-order chi connectivity index (χ0) is 24.1. The molecule has 0 spiro atoms. The lowest BCUT2D eigenvalue weighted by Crippen LogP contribution is -2.50. The number of hydroxylamine groups is 2. The molecule has 0 bridgehead atoms. The number of carbonyl (C=O) groups excluding carboxylic acids is 2. The van der Waals surface area contributed by atoms with Gasteiger partial charge in [-0.25, -0.2) is 14.2 Å². The predicted molar refractivity (Wildman–Crippen MR) is 122 cm³/mol. The summed E-state index contributed by atoms with van der Waals surface area (Å²) in [7, 11) is 0. The molecule has 3 heterocycles. The SMILES string of the molecule is CCNC(=O)OCC1=CC(C(N)=O)N(C2CCN(c3cnc(-c4ccc(F)cc4)cn3)CC2)O1. The molecule has 0 saturated carbocycles. The number of hydrogen-bond donors (Lipinski definition) is 2. The number of nitrogens with two attached hydrogens (primary N) is 1. The van der Waals surface area contributed by atoms with Gasteiger partial charge in [-0.1, -0.05) is 0 Å². The van der Waals surface area contributed by atoms with E-state index in [1.54, 1.807) is 42.6 Å². The summed E-state index contributed by atoms with van der Waals surface area (Å²) in [4.78, 5) is 40.4. The van der Waals surface area contributed by atoms with Crippen molar-refractivity contribution in [2.24, 2.45) is 5.73 Å². The van der Waals surface area contributed by atoms with Crippen LogP contribution in [0.1, 0.15) is 19.8 Å². The molecule has 180 valence electrons. The van der Waals surface area contributed by atoms with Gasteiger partial charge in [0.2, 0.25) is 5.91 Å². The number of primary amides is 1. The van der Waals surface area contributed by atoms with Gasteiger partial charge >= 0.3 is 6.09 Å². The van der Waals surface area contributed by atoms with Gasteiger partial charge < -0.3 is 25.5 Å². The zero-order valence-electron chi connectivity index (χ0n) is 18.8. The van der Waals surface area contributed by atoms with Crippen molar-refractivity contribution < 1.29 is 23.6 Å². The molecule has 1 aromatic heterocycles. The highest BCUT2D eigenvalue weighted by Crippen LogP contribution is 2.28. The van der Waals surface area contributed by atoms with Gasteiger partial charge in [0.05, 0.1) is 24.1 Å². The summed E-state index contributed by atoms with van der Waals surface area (Å²) in [6, 6.07) is 5.35. The lowest BCUT2D eigenvalue weighted by Gasteiger charge is -2.37. The van der Waals surface area contributed by atoms with E-state index in [4.69, 9.17) is 15.3 Å². The van der Waals surface area contributed by atoms with Gasteiger partial charge in [-0.05, 0) is 50.1 Å². The maximum atomic E-state index is 13.1. The van der Waals surface area contributed by atoms with Crippen LogP contribution in [0.2, 0.25) is 0 Å². The molecule has 2 amide bonds. The standard InChI is InChI=1S/C23H27FN6O4/c1-2-26-23(32)33-14-18-11-20(22(25)31)30(34-18)17-7-9-29(10-8-17)21-13-27-19(12-28-21)15-3-5-16(24)6-4-15/h3-6,11-13,17,20H,2,7-10,14H2,1H3,(H2,25,31)(H,26,32). The minimum Gasteiger partial charge on any atom is -0.441 e. The van der Waals surface area contributed by atoms with Crippen molar-refractivity contribution in [2.75, 3.05) is 31.1 Å². The lowest BCUT2D eigenvalue weighted by molar-refractivity contribution is -0.167. The Morgan fingerprint density at radius 3 is 2.56 bits per heavy atom. The maximum Gasteiger partial charge on any atom is 0.407 e. The number of rotatable bonds is 7. The zero-order valence-corrected chi connectivity index (χ0v) is 18.8. The smallest absolute Gasteiger partial charge is 0.407 e. The van der Waals surface area contributed by atoms with Crippen LogP contribution in [-0.4, -0.2) is 65.4 Å². The van der Waals surface area contributed by atoms with Crippen LogP contribution in [0.4, 0.5) is 15.0 Å². The Kier molecular flexibility index (Phi) is 7.21. The first-order valence-corrected chi connectivity index (χ1v) is 11.1. The van der Waals surface area contributed by atoms with Crippen LogP contribution in [0.3, 0.4) is 0 Å². The van der Waals surface area contributed by atoms with Crippen LogP contribution in [0, 0.1) is 5.82 Å². The Morgan fingerprint density at radius 1 is 1.21 bits per heavy atom. The number of hydrogen-bond acceptors (Lipinski definition) is 8.